The van der Waals surface area contributed by atoms with Crippen molar-refractivity contribution in [3.63, 3.8) is 0 Å². The van der Waals surface area contributed by atoms with Crippen LogP contribution >= 0.6 is 0 Å². The third-order valence-corrected chi connectivity index (χ3v) is 6.69. The molecule has 0 unspecified atom stereocenters. The van der Waals surface area contributed by atoms with Crippen molar-refractivity contribution in [2.24, 2.45) is 17.3 Å². The molecule has 6 nitrogen and oxygen atoms in total. The first-order chi connectivity index (χ1) is 14.3. The molecule has 2 fully saturated rings. The molecule has 1 aliphatic heterocycles. The van der Waals surface area contributed by atoms with E-state index in [4.69, 9.17) is 4.74 Å². The van der Waals surface area contributed by atoms with Crippen LogP contribution in [0.15, 0.2) is 18.3 Å². The number of carbonyl (C=O) groups excluding carboxylic acids is 2. The van der Waals surface area contributed by atoms with Gasteiger partial charge in [-0.25, -0.2) is 9.78 Å². The van der Waals surface area contributed by atoms with E-state index in [1.54, 1.807) is 19.2 Å². The number of pyridine rings is 1. The SMILES string of the molecule is CCOC(=O)c1ccc(N2CCCN(C(=O)C3CCC(C(C)(C)C)CC3)CC2)nc1. The summed E-state index contributed by atoms with van der Waals surface area (Å²) in [5.41, 5.74) is 0.811. The molecule has 1 saturated carbocycles. The summed E-state index contributed by atoms with van der Waals surface area (Å²) in [7, 11) is 0. The second-order valence-electron chi connectivity index (χ2n) is 9.71. The van der Waals surface area contributed by atoms with Crippen molar-refractivity contribution in [3.05, 3.63) is 23.9 Å². The van der Waals surface area contributed by atoms with Crippen LogP contribution in [0.1, 0.15) is 70.2 Å². The minimum Gasteiger partial charge on any atom is -0.462 e. The van der Waals surface area contributed by atoms with E-state index in [-0.39, 0.29) is 11.9 Å². The van der Waals surface area contributed by atoms with E-state index in [1.807, 2.05) is 6.07 Å². The van der Waals surface area contributed by atoms with Crippen molar-refractivity contribution in [1.82, 2.24) is 9.88 Å². The van der Waals surface area contributed by atoms with E-state index in [1.165, 1.54) is 0 Å². The average molecular weight is 416 g/mol. The lowest BCUT2D eigenvalue weighted by Gasteiger charge is -2.37. The molecule has 2 heterocycles. The first-order valence-corrected chi connectivity index (χ1v) is 11.5. The summed E-state index contributed by atoms with van der Waals surface area (Å²) in [6.07, 6.45) is 6.89. The summed E-state index contributed by atoms with van der Waals surface area (Å²) in [6, 6.07) is 3.64. The minimum absolute atomic E-state index is 0.192. The minimum atomic E-state index is -0.342. The van der Waals surface area contributed by atoms with Crippen molar-refractivity contribution in [1.29, 1.82) is 0 Å². The molecule has 1 aromatic heterocycles. The first-order valence-electron chi connectivity index (χ1n) is 11.5. The van der Waals surface area contributed by atoms with Crippen LogP contribution in [0.2, 0.25) is 0 Å². The summed E-state index contributed by atoms with van der Waals surface area (Å²) >= 11 is 0. The Morgan fingerprint density at radius 2 is 1.80 bits per heavy atom. The monoisotopic (exact) mass is 415 g/mol. The normalized spacial score (nSPS) is 23.1. The number of amides is 1. The van der Waals surface area contributed by atoms with Crippen LogP contribution in [0.4, 0.5) is 5.82 Å². The van der Waals surface area contributed by atoms with Crippen LogP contribution in [0, 0.1) is 17.3 Å². The van der Waals surface area contributed by atoms with E-state index in [2.05, 4.69) is 35.6 Å². The van der Waals surface area contributed by atoms with Crippen molar-refractivity contribution < 1.29 is 14.3 Å². The largest absolute Gasteiger partial charge is 0.462 e. The van der Waals surface area contributed by atoms with Crippen LogP contribution in [0.5, 0.6) is 0 Å². The van der Waals surface area contributed by atoms with Crippen LogP contribution in [0.25, 0.3) is 0 Å². The number of rotatable bonds is 4. The Morgan fingerprint density at radius 1 is 1.07 bits per heavy atom. The van der Waals surface area contributed by atoms with Gasteiger partial charge < -0.3 is 14.5 Å². The predicted octanol–water partition coefficient (Wildman–Crippen LogP) is 4.15. The molecule has 0 radical (unpaired) electrons. The lowest BCUT2D eigenvalue weighted by molar-refractivity contribution is -0.137. The Morgan fingerprint density at radius 3 is 2.40 bits per heavy atom. The number of hydrogen-bond acceptors (Lipinski definition) is 5. The maximum absolute atomic E-state index is 13.1. The summed E-state index contributed by atoms with van der Waals surface area (Å²) in [6.45, 7) is 12.3. The topological polar surface area (TPSA) is 62.7 Å². The Balaban J connectivity index is 1.53. The van der Waals surface area contributed by atoms with Gasteiger partial charge in [0.25, 0.3) is 0 Å². The molecule has 0 atom stereocenters. The number of ether oxygens (including phenoxy) is 1. The van der Waals surface area contributed by atoms with Gasteiger partial charge in [-0.2, -0.15) is 0 Å². The Bertz CT molecular complexity index is 718. The molecule has 2 aliphatic rings. The van der Waals surface area contributed by atoms with E-state index in [0.717, 1.165) is 70.0 Å². The van der Waals surface area contributed by atoms with Crippen molar-refractivity contribution in [2.75, 3.05) is 37.7 Å². The lowest BCUT2D eigenvalue weighted by atomic mass is 9.69. The fourth-order valence-electron chi connectivity index (χ4n) is 4.74. The number of nitrogens with zero attached hydrogens (tertiary/aromatic N) is 3. The summed E-state index contributed by atoms with van der Waals surface area (Å²) in [5, 5.41) is 0. The molecule has 0 N–H and O–H groups in total. The molecule has 1 saturated heterocycles. The van der Waals surface area contributed by atoms with Crippen molar-refractivity contribution in [2.45, 2.75) is 59.8 Å². The molecule has 30 heavy (non-hydrogen) atoms. The zero-order chi connectivity index (χ0) is 21.7. The lowest BCUT2D eigenvalue weighted by Crippen LogP contribution is -2.41. The van der Waals surface area contributed by atoms with Gasteiger partial charge in [-0.05, 0) is 62.5 Å². The molecule has 3 rings (SSSR count). The number of carbonyl (C=O) groups is 2. The molecule has 1 aromatic rings. The molecule has 0 spiro atoms. The number of aromatic nitrogens is 1. The fourth-order valence-corrected chi connectivity index (χ4v) is 4.74. The molecular formula is C24H37N3O3. The highest BCUT2D eigenvalue weighted by Crippen LogP contribution is 2.40. The molecule has 0 bridgehead atoms. The van der Waals surface area contributed by atoms with Gasteiger partial charge in [0, 0.05) is 38.3 Å². The second kappa shape index (κ2) is 9.80. The van der Waals surface area contributed by atoms with Crippen molar-refractivity contribution in [3.8, 4) is 0 Å². The van der Waals surface area contributed by atoms with Gasteiger partial charge in [0.05, 0.1) is 12.2 Å². The summed E-state index contributed by atoms with van der Waals surface area (Å²) < 4.78 is 5.02. The van der Waals surface area contributed by atoms with Gasteiger partial charge in [0.2, 0.25) is 5.91 Å². The van der Waals surface area contributed by atoms with Gasteiger partial charge in [-0.1, -0.05) is 20.8 Å². The quantitative estimate of drug-likeness (QED) is 0.691. The molecule has 166 valence electrons. The van der Waals surface area contributed by atoms with Crippen LogP contribution in [-0.2, 0) is 9.53 Å². The average Bonchev–Trinajstić information content (AvgIpc) is 2.99. The van der Waals surface area contributed by atoms with Gasteiger partial charge in [0.15, 0.2) is 0 Å². The van der Waals surface area contributed by atoms with Crippen LogP contribution < -0.4 is 4.90 Å². The molecule has 1 aliphatic carbocycles. The number of hydrogen-bond donors (Lipinski definition) is 0. The van der Waals surface area contributed by atoms with Gasteiger partial charge in [0.1, 0.15) is 5.82 Å². The van der Waals surface area contributed by atoms with Gasteiger partial charge >= 0.3 is 5.97 Å². The van der Waals surface area contributed by atoms with E-state index in [0.29, 0.717) is 23.5 Å². The zero-order valence-electron chi connectivity index (χ0n) is 19.0. The first kappa shape index (κ1) is 22.6. The van der Waals surface area contributed by atoms with Crippen molar-refractivity contribution >= 4 is 17.7 Å². The highest BCUT2D eigenvalue weighted by atomic mass is 16.5. The maximum Gasteiger partial charge on any atom is 0.339 e. The third-order valence-electron chi connectivity index (χ3n) is 6.69. The van der Waals surface area contributed by atoms with E-state index >= 15 is 0 Å². The predicted molar refractivity (Wildman–Crippen MR) is 119 cm³/mol. The maximum atomic E-state index is 13.1. The summed E-state index contributed by atoms with van der Waals surface area (Å²) in [5.74, 6) is 1.77. The standard InChI is InChI=1S/C24H37N3O3/c1-5-30-23(29)19-9-12-21(25-17-19)26-13-6-14-27(16-15-26)22(28)18-7-10-20(11-8-18)24(2,3)4/h9,12,17-18,20H,5-8,10-11,13-16H2,1-4H3. The Kier molecular flexibility index (Phi) is 7.37. The third kappa shape index (κ3) is 5.52. The van der Waals surface area contributed by atoms with Crippen LogP contribution in [0.3, 0.4) is 0 Å². The van der Waals surface area contributed by atoms with Gasteiger partial charge in [-0.15, -0.1) is 0 Å². The Labute approximate surface area is 181 Å². The second-order valence-corrected chi connectivity index (χ2v) is 9.71. The molecule has 1 amide bonds. The van der Waals surface area contributed by atoms with E-state index < -0.39 is 0 Å². The highest BCUT2D eigenvalue weighted by molar-refractivity contribution is 5.89. The fraction of sp³-hybridized carbons (Fsp3) is 0.708. The smallest absolute Gasteiger partial charge is 0.339 e. The molecule has 0 aromatic carbocycles. The number of esters is 1. The molecule has 6 heteroatoms. The summed E-state index contributed by atoms with van der Waals surface area (Å²) in [4.78, 5) is 33.7. The Hall–Kier alpha value is -2.11. The number of anilines is 1. The highest BCUT2D eigenvalue weighted by Gasteiger charge is 2.34. The van der Waals surface area contributed by atoms with Crippen LogP contribution in [-0.4, -0.2) is 54.5 Å². The van der Waals surface area contributed by atoms with Gasteiger partial charge in [-0.3, -0.25) is 4.79 Å². The molecular weight excluding hydrogens is 378 g/mol. The zero-order valence-corrected chi connectivity index (χ0v) is 19.0. The van der Waals surface area contributed by atoms with E-state index in [9.17, 15) is 9.59 Å².